The molecule has 2 aromatic rings. The number of hydrogen-bond donors (Lipinski definition) is 1. The molecule has 0 bridgehead atoms. The van der Waals surface area contributed by atoms with E-state index in [1.807, 2.05) is 6.07 Å². The summed E-state index contributed by atoms with van der Waals surface area (Å²) in [6.07, 6.45) is 2.01. The molecule has 1 atom stereocenters. The summed E-state index contributed by atoms with van der Waals surface area (Å²) >= 11 is 0. The van der Waals surface area contributed by atoms with Gasteiger partial charge in [-0.1, -0.05) is 37.3 Å². The highest BCUT2D eigenvalue weighted by atomic mass is 19.1. The minimum absolute atomic E-state index is 0.198. The molecule has 0 spiro atoms. The molecule has 94 valence electrons. The van der Waals surface area contributed by atoms with Crippen LogP contribution in [0.3, 0.4) is 0 Å². The monoisotopic (exact) mass is 243 g/mol. The molecule has 1 unspecified atom stereocenters. The summed E-state index contributed by atoms with van der Waals surface area (Å²) in [4.78, 5) is 0. The summed E-state index contributed by atoms with van der Waals surface area (Å²) in [5.41, 5.74) is 2.29. The molecule has 18 heavy (non-hydrogen) atoms. The van der Waals surface area contributed by atoms with Crippen molar-refractivity contribution in [2.75, 3.05) is 5.32 Å². The van der Waals surface area contributed by atoms with Crippen LogP contribution in [0.25, 0.3) is 0 Å². The Morgan fingerprint density at radius 3 is 2.28 bits per heavy atom. The highest BCUT2D eigenvalue weighted by Crippen LogP contribution is 2.14. The first-order valence-corrected chi connectivity index (χ1v) is 6.34. The molecule has 1 N–H and O–H groups in total. The van der Waals surface area contributed by atoms with E-state index in [4.69, 9.17) is 0 Å². The van der Waals surface area contributed by atoms with Gasteiger partial charge < -0.3 is 5.32 Å². The lowest BCUT2D eigenvalue weighted by Crippen LogP contribution is -2.21. The standard InChI is InChI=1S/C16H18FN/c1-2-15(12-13-6-4-3-5-7-13)18-16-10-8-14(17)9-11-16/h3-11,15,18H,2,12H2,1H3. The Labute approximate surface area is 108 Å². The van der Waals surface area contributed by atoms with E-state index in [9.17, 15) is 4.39 Å². The van der Waals surface area contributed by atoms with Gasteiger partial charge >= 0.3 is 0 Å². The van der Waals surface area contributed by atoms with Crippen LogP contribution in [0.2, 0.25) is 0 Å². The SMILES string of the molecule is CCC(Cc1ccccc1)Nc1ccc(F)cc1. The topological polar surface area (TPSA) is 12.0 Å². The van der Waals surface area contributed by atoms with E-state index in [1.165, 1.54) is 17.7 Å². The van der Waals surface area contributed by atoms with Crippen molar-refractivity contribution in [3.05, 3.63) is 66.0 Å². The second kappa shape index (κ2) is 6.20. The first-order valence-electron chi connectivity index (χ1n) is 6.34. The van der Waals surface area contributed by atoms with Crippen molar-refractivity contribution in [3.8, 4) is 0 Å². The third-order valence-corrected chi connectivity index (χ3v) is 3.03. The van der Waals surface area contributed by atoms with Gasteiger partial charge in [0.1, 0.15) is 5.82 Å². The predicted molar refractivity (Wildman–Crippen MR) is 74.2 cm³/mol. The summed E-state index contributed by atoms with van der Waals surface area (Å²) in [7, 11) is 0. The number of halogens is 1. The zero-order valence-corrected chi connectivity index (χ0v) is 10.6. The van der Waals surface area contributed by atoms with E-state index in [0.717, 1.165) is 18.5 Å². The third-order valence-electron chi connectivity index (χ3n) is 3.03. The second-order valence-corrected chi connectivity index (χ2v) is 4.45. The maximum absolute atomic E-state index is 12.8. The molecule has 1 nitrogen and oxygen atoms in total. The molecular weight excluding hydrogens is 225 g/mol. The molecular formula is C16H18FN. The fraction of sp³-hybridized carbons (Fsp3) is 0.250. The van der Waals surface area contributed by atoms with Crippen molar-refractivity contribution in [2.24, 2.45) is 0 Å². The molecule has 2 aromatic carbocycles. The van der Waals surface area contributed by atoms with Gasteiger partial charge in [0.05, 0.1) is 0 Å². The minimum Gasteiger partial charge on any atom is -0.382 e. The molecule has 0 fully saturated rings. The number of benzene rings is 2. The molecule has 0 radical (unpaired) electrons. The molecule has 0 heterocycles. The van der Waals surface area contributed by atoms with Crippen LogP contribution in [0, 0.1) is 5.82 Å². The van der Waals surface area contributed by atoms with E-state index in [-0.39, 0.29) is 5.82 Å². The summed E-state index contributed by atoms with van der Waals surface area (Å²) in [6, 6.07) is 17.3. The fourth-order valence-corrected chi connectivity index (χ4v) is 1.98. The number of rotatable bonds is 5. The van der Waals surface area contributed by atoms with Crippen LogP contribution >= 0.6 is 0 Å². The van der Waals surface area contributed by atoms with Gasteiger partial charge in [0.2, 0.25) is 0 Å². The van der Waals surface area contributed by atoms with E-state index in [0.29, 0.717) is 6.04 Å². The third kappa shape index (κ3) is 3.59. The highest BCUT2D eigenvalue weighted by molar-refractivity contribution is 5.44. The van der Waals surface area contributed by atoms with Crippen molar-refractivity contribution in [1.29, 1.82) is 0 Å². The van der Waals surface area contributed by atoms with E-state index < -0.39 is 0 Å². The van der Waals surface area contributed by atoms with Crippen molar-refractivity contribution >= 4 is 5.69 Å². The normalized spacial score (nSPS) is 12.1. The van der Waals surface area contributed by atoms with Crippen LogP contribution in [0.1, 0.15) is 18.9 Å². The molecule has 0 aliphatic heterocycles. The second-order valence-electron chi connectivity index (χ2n) is 4.45. The smallest absolute Gasteiger partial charge is 0.123 e. The Morgan fingerprint density at radius 1 is 1.00 bits per heavy atom. The summed E-state index contributed by atoms with van der Waals surface area (Å²) < 4.78 is 12.8. The summed E-state index contributed by atoms with van der Waals surface area (Å²) in [5.74, 6) is -0.198. The lowest BCUT2D eigenvalue weighted by molar-refractivity contribution is 0.627. The largest absolute Gasteiger partial charge is 0.382 e. The van der Waals surface area contributed by atoms with Gasteiger partial charge in [0.15, 0.2) is 0 Å². The van der Waals surface area contributed by atoms with Crippen LogP contribution in [0.15, 0.2) is 54.6 Å². The first-order chi connectivity index (χ1) is 8.78. The van der Waals surface area contributed by atoms with E-state index in [2.05, 4.69) is 36.5 Å². The van der Waals surface area contributed by atoms with Gasteiger partial charge in [0, 0.05) is 11.7 Å². The number of anilines is 1. The van der Waals surface area contributed by atoms with Crippen LogP contribution < -0.4 is 5.32 Å². The van der Waals surface area contributed by atoms with Crippen LogP contribution in [0.4, 0.5) is 10.1 Å². The molecule has 0 saturated heterocycles. The maximum atomic E-state index is 12.8. The van der Waals surface area contributed by atoms with Gasteiger partial charge in [-0.3, -0.25) is 0 Å². The van der Waals surface area contributed by atoms with Crippen molar-refractivity contribution < 1.29 is 4.39 Å². The fourth-order valence-electron chi connectivity index (χ4n) is 1.98. The quantitative estimate of drug-likeness (QED) is 0.827. The molecule has 0 amide bonds. The molecule has 0 aromatic heterocycles. The van der Waals surface area contributed by atoms with Gasteiger partial charge in [-0.05, 0) is 42.7 Å². The lowest BCUT2D eigenvalue weighted by Gasteiger charge is -2.18. The molecule has 0 saturated carbocycles. The molecule has 2 rings (SSSR count). The highest BCUT2D eigenvalue weighted by Gasteiger charge is 2.07. The summed E-state index contributed by atoms with van der Waals surface area (Å²) in [5, 5.41) is 3.44. The molecule has 0 aliphatic carbocycles. The zero-order chi connectivity index (χ0) is 12.8. The Hall–Kier alpha value is -1.83. The Kier molecular flexibility index (Phi) is 4.35. The van der Waals surface area contributed by atoms with E-state index >= 15 is 0 Å². The first kappa shape index (κ1) is 12.6. The number of nitrogens with one attached hydrogen (secondary N) is 1. The minimum atomic E-state index is -0.198. The Morgan fingerprint density at radius 2 is 1.67 bits per heavy atom. The van der Waals surface area contributed by atoms with Crippen LogP contribution in [-0.2, 0) is 6.42 Å². The van der Waals surface area contributed by atoms with E-state index in [1.54, 1.807) is 12.1 Å². The van der Waals surface area contributed by atoms with Crippen LogP contribution in [-0.4, -0.2) is 6.04 Å². The van der Waals surface area contributed by atoms with Gasteiger partial charge in [-0.25, -0.2) is 4.39 Å². The lowest BCUT2D eigenvalue weighted by atomic mass is 10.0. The average molecular weight is 243 g/mol. The van der Waals surface area contributed by atoms with Crippen molar-refractivity contribution in [1.82, 2.24) is 0 Å². The van der Waals surface area contributed by atoms with Gasteiger partial charge in [-0.2, -0.15) is 0 Å². The average Bonchev–Trinajstić information content (AvgIpc) is 2.41. The summed E-state index contributed by atoms with van der Waals surface area (Å²) in [6.45, 7) is 2.16. The van der Waals surface area contributed by atoms with Crippen molar-refractivity contribution in [2.45, 2.75) is 25.8 Å². The zero-order valence-electron chi connectivity index (χ0n) is 10.6. The molecule has 2 heteroatoms. The Bertz CT molecular complexity index is 464. The number of hydrogen-bond acceptors (Lipinski definition) is 1. The molecule has 0 aliphatic rings. The predicted octanol–water partition coefficient (Wildman–Crippen LogP) is 4.26. The maximum Gasteiger partial charge on any atom is 0.123 e. The van der Waals surface area contributed by atoms with Gasteiger partial charge in [-0.15, -0.1) is 0 Å². The Balaban J connectivity index is 1.99. The van der Waals surface area contributed by atoms with Crippen LogP contribution in [0.5, 0.6) is 0 Å². The van der Waals surface area contributed by atoms with Gasteiger partial charge in [0.25, 0.3) is 0 Å². The van der Waals surface area contributed by atoms with Crippen molar-refractivity contribution in [3.63, 3.8) is 0 Å².